The normalized spacial score (nSPS) is 19.4. The van der Waals surface area contributed by atoms with E-state index in [4.69, 9.17) is 20.2 Å². The molecule has 1 unspecified atom stereocenters. The molecule has 1 atom stereocenters. The Morgan fingerprint density at radius 3 is 2.42 bits per heavy atom. The summed E-state index contributed by atoms with van der Waals surface area (Å²) in [6.45, 7) is 7.08. The number of hydrogen-bond acceptors (Lipinski definition) is 7. The fourth-order valence-electron chi connectivity index (χ4n) is 3.85. The van der Waals surface area contributed by atoms with Crippen LogP contribution in [0.4, 0.5) is 0 Å². The number of fused-ring (bicyclic) bond motifs is 4. The van der Waals surface area contributed by atoms with Crippen LogP contribution in [0.5, 0.6) is 17.2 Å². The number of rotatable bonds is 3. The van der Waals surface area contributed by atoms with Gasteiger partial charge in [-0.2, -0.15) is 0 Å². The van der Waals surface area contributed by atoms with Gasteiger partial charge >= 0.3 is 0 Å². The third kappa shape index (κ3) is 3.63. The van der Waals surface area contributed by atoms with Crippen molar-refractivity contribution >= 4 is 16.9 Å². The van der Waals surface area contributed by atoms with Gasteiger partial charge in [-0.25, -0.2) is 15.0 Å². The van der Waals surface area contributed by atoms with Gasteiger partial charge in [0.1, 0.15) is 29.1 Å². The van der Waals surface area contributed by atoms with Gasteiger partial charge in [0.25, 0.3) is 0 Å². The minimum absolute atomic E-state index is 0.0646. The number of thioether (sulfide) groups is 1. The van der Waals surface area contributed by atoms with Gasteiger partial charge in [-0.05, 0) is 41.3 Å². The largest absolute Gasteiger partial charge is 0.493 e. The molecule has 0 saturated carbocycles. The van der Waals surface area contributed by atoms with Gasteiger partial charge in [-0.15, -0.1) is 0 Å². The number of amidine groups is 1. The van der Waals surface area contributed by atoms with Crippen molar-refractivity contribution in [3.63, 3.8) is 0 Å². The molecule has 31 heavy (non-hydrogen) atoms. The lowest BCUT2D eigenvalue weighted by molar-refractivity contribution is 0.197. The quantitative estimate of drug-likeness (QED) is 0.629. The number of ether oxygens (including phenoxy) is 2. The molecule has 0 fully saturated rings. The van der Waals surface area contributed by atoms with Gasteiger partial charge in [0.15, 0.2) is 5.17 Å². The van der Waals surface area contributed by atoms with E-state index >= 15 is 0 Å². The van der Waals surface area contributed by atoms with Crippen LogP contribution in [-0.4, -0.2) is 27.5 Å². The minimum atomic E-state index is -0.621. The molecule has 1 aromatic heterocycles. The zero-order chi connectivity index (χ0) is 21.6. The zero-order valence-corrected chi connectivity index (χ0v) is 18.6. The van der Waals surface area contributed by atoms with Crippen LogP contribution in [0.3, 0.4) is 0 Å². The van der Waals surface area contributed by atoms with Crippen LogP contribution in [-0.2, 0) is 5.54 Å². The van der Waals surface area contributed by atoms with Crippen LogP contribution in [0, 0.1) is 5.41 Å². The summed E-state index contributed by atoms with van der Waals surface area (Å²) in [4.78, 5) is 13.2. The molecule has 2 aromatic carbocycles. The highest BCUT2D eigenvalue weighted by atomic mass is 32.2. The van der Waals surface area contributed by atoms with E-state index < -0.39 is 5.54 Å². The molecule has 6 nitrogen and oxygen atoms in total. The molecular formula is C24H24N4O2S. The molecule has 3 heterocycles. The molecule has 3 aromatic rings. The van der Waals surface area contributed by atoms with Crippen LogP contribution >= 0.6 is 11.8 Å². The highest BCUT2D eigenvalue weighted by Gasteiger charge is 2.46. The number of aromatic nitrogens is 2. The van der Waals surface area contributed by atoms with Gasteiger partial charge in [0.2, 0.25) is 0 Å². The fraction of sp³-hybridized carbons (Fsp3) is 0.292. The maximum atomic E-state index is 6.28. The Morgan fingerprint density at radius 2 is 1.74 bits per heavy atom. The van der Waals surface area contributed by atoms with E-state index in [-0.39, 0.29) is 5.41 Å². The van der Waals surface area contributed by atoms with E-state index in [0.717, 1.165) is 39.5 Å². The van der Waals surface area contributed by atoms with Crippen molar-refractivity contribution in [1.29, 1.82) is 0 Å². The predicted octanol–water partition coefficient (Wildman–Crippen LogP) is 4.98. The first-order valence-corrected chi connectivity index (χ1v) is 11.2. The first-order valence-electron chi connectivity index (χ1n) is 10.2. The fourth-order valence-corrected chi connectivity index (χ4v) is 4.80. The molecule has 0 amide bonds. The van der Waals surface area contributed by atoms with Crippen molar-refractivity contribution in [2.24, 2.45) is 16.1 Å². The number of aliphatic imine (C=N–C) groups is 1. The average molecular weight is 433 g/mol. The standard InChI is InChI=1S/C24H24N4O2S/c1-23(2,3)12-29-17-5-7-21-19(9-17)24(13-31-22(25)28-24)18-8-15(4-6-20(18)30-21)16-10-26-14-27-11-16/h4-11,14H,12-13H2,1-3H3,(H2,25,28). The summed E-state index contributed by atoms with van der Waals surface area (Å²) < 4.78 is 12.4. The average Bonchev–Trinajstić information content (AvgIpc) is 3.15. The second kappa shape index (κ2) is 7.27. The predicted molar refractivity (Wildman–Crippen MR) is 124 cm³/mol. The molecule has 158 valence electrons. The Balaban J connectivity index is 1.63. The molecule has 5 rings (SSSR count). The maximum Gasteiger partial charge on any atom is 0.155 e. The molecule has 0 radical (unpaired) electrons. The second-order valence-corrected chi connectivity index (χ2v) is 10.0. The molecular weight excluding hydrogens is 408 g/mol. The molecule has 7 heteroatoms. The molecule has 1 spiro atoms. The Morgan fingerprint density at radius 1 is 1.03 bits per heavy atom. The number of nitrogens with two attached hydrogens (primary N) is 1. The third-order valence-electron chi connectivity index (χ3n) is 5.34. The smallest absolute Gasteiger partial charge is 0.155 e. The van der Waals surface area contributed by atoms with Crippen LogP contribution in [0.2, 0.25) is 0 Å². The van der Waals surface area contributed by atoms with Gasteiger partial charge in [0.05, 0.1) is 6.61 Å². The van der Waals surface area contributed by atoms with Crippen LogP contribution in [0.1, 0.15) is 31.9 Å². The number of nitrogens with zero attached hydrogens (tertiary/aromatic N) is 3. The summed E-state index contributed by atoms with van der Waals surface area (Å²) in [6.07, 6.45) is 5.14. The number of hydrogen-bond donors (Lipinski definition) is 1. The van der Waals surface area contributed by atoms with Crippen LogP contribution in [0.15, 0.2) is 60.1 Å². The molecule has 0 saturated heterocycles. The molecule has 2 aliphatic rings. The van der Waals surface area contributed by atoms with Crippen LogP contribution in [0.25, 0.3) is 11.1 Å². The summed E-state index contributed by atoms with van der Waals surface area (Å²) in [7, 11) is 0. The summed E-state index contributed by atoms with van der Waals surface area (Å²) in [5, 5.41) is 0.577. The van der Waals surface area contributed by atoms with Crippen molar-refractivity contribution in [1.82, 2.24) is 9.97 Å². The summed E-state index contributed by atoms with van der Waals surface area (Å²) in [5.74, 6) is 3.08. The maximum absolute atomic E-state index is 6.28. The van der Waals surface area contributed by atoms with Crippen LogP contribution < -0.4 is 15.2 Å². The highest BCUT2D eigenvalue weighted by Crippen LogP contribution is 2.54. The van der Waals surface area contributed by atoms with E-state index in [1.807, 2.05) is 30.3 Å². The Kier molecular flexibility index (Phi) is 4.66. The van der Waals surface area contributed by atoms with Crippen molar-refractivity contribution in [2.75, 3.05) is 12.4 Å². The van der Waals surface area contributed by atoms with E-state index in [1.54, 1.807) is 24.2 Å². The summed E-state index contributed by atoms with van der Waals surface area (Å²) >= 11 is 1.56. The van der Waals surface area contributed by atoms with Crippen molar-refractivity contribution in [3.8, 4) is 28.4 Å². The first kappa shape index (κ1) is 19.9. The third-order valence-corrected chi connectivity index (χ3v) is 6.29. The lowest BCUT2D eigenvalue weighted by Gasteiger charge is -2.35. The summed E-state index contributed by atoms with van der Waals surface area (Å²) in [5.41, 5.74) is 9.54. The van der Waals surface area contributed by atoms with Gasteiger partial charge < -0.3 is 15.2 Å². The molecule has 2 aliphatic heterocycles. The molecule has 0 bridgehead atoms. The minimum Gasteiger partial charge on any atom is -0.493 e. The van der Waals surface area contributed by atoms with E-state index in [2.05, 4.69) is 36.8 Å². The SMILES string of the molecule is CC(C)(C)COc1ccc2c(c1)C1(CSC(N)=N1)c1cc(-c3cncnc3)ccc1O2. The topological polar surface area (TPSA) is 82.6 Å². The van der Waals surface area contributed by atoms with Gasteiger partial charge in [-0.1, -0.05) is 38.6 Å². The lowest BCUT2D eigenvalue weighted by atomic mass is 9.81. The number of benzene rings is 2. The highest BCUT2D eigenvalue weighted by molar-refractivity contribution is 8.14. The van der Waals surface area contributed by atoms with Gasteiger partial charge in [-0.3, -0.25) is 0 Å². The second-order valence-electron chi connectivity index (χ2n) is 9.05. The zero-order valence-electron chi connectivity index (χ0n) is 17.8. The van der Waals surface area contributed by atoms with E-state index in [1.165, 1.54) is 6.33 Å². The Bertz CT molecular complexity index is 1170. The Hall–Kier alpha value is -3.06. The summed E-state index contributed by atoms with van der Waals surface area (Å²) in [6, 6.07) is 12.1. The molecule has 0 aliphatic carbocycles. The van der Waals surface area contributed by atoms with Crippen molar-refractivity contribution in [3.05, 3.63) is 66.2 Å². The van der Waals surface area contributed by atoms with Crippen molar-refractivity contribution in [2.45, 2.75) is 26.3 Å². The molecule has 2 N–H and O–H groups in total. The van der Waals surface area contributed by atoms with E-state index in [0.29, 0.717) is 17.5 Å². The van der Waals surface area contributed by atoms with Crippen molar-refractivity contribution < 1.29 is 9.47 Å². The van der Waals surface area contributed by atoms with Gasteiger partial charge in [0, 0.05) is 34.8 Å². The Labute approximate surface area is 185 Å². The van der Waals surface area contributed by atoms with E-state index in [9.17, 15) is 0 Å². The lowest BCUT2D eigenvalue weighted by Crippen LogP contribution is -2.30. The first-order chi connectivity index (χ1) is 14.8. The monoisotopic (exact) mass is 432 g/mol.